The number of amides is 3. The molecule has 0 radical (unpaired) electrons. The summed E-state index contributed by atoms with van der Waals surface area (Å²) in [6.45, 7) is 4.33. The predicted octanol–water partition coefficient (Wildman–Crippen LogP) is 1.53. The Bertz CT molecular complexity index is 1050. The minimum absolute atomic E-state index is 0.0765. The summed E-state index contributed by atoms with van der Waals surface area (Å²) in [5.41, 5.74) is -0.797. The number of anilines is 1. The fraction of sp³-hybridized carbons (Fsp3) is 0.565. The number of fused-ring (bicyclic) bond motifs is 1. The van der Waals surface area contributed by atoms with Crippen LogP contribution in [0.25, 0.3) is 0 Å². The minimum Gasteiger partial charge on any atom is -0.371 e. The second-order valence-corrected chi connectivity index (χ2v) is 9.75. The minimum atomic E-state index is -1.17. The van der Waals surface area contributed by atoms with Crippen LogP contribution in [0.2, 0.25) is 0 Å². The van der Waals surface area contributed by atoms with Crippen LogP contribution in [0.5, 0.6) is 0 Å². The van der Waals surface area contributed by atoms with Crippen molar-refractivity contribution in [2.24, 2.45) is 23.2 Å². The molecule has 34 heavy (non-hydrogen) atoms. The summed E-state index contributed by atoms with van der Waals surface area (Å²) in [5, 5.41) is 17.3. The maximum Gasteiger partial charge on any atom is 0.244 e. The molecule has 1 aliphatic carbocycles. The number of likely N-dealkylation sites (tertiary alicyclic amines) is 1. The van der Waals surface area contributed by atoms with E-state index in [1.807, 2.05) is 19.9 Å². The average molecular weight is 477 g/mol. The molecule has 0 aromatic heterocycles. The fourth-order valence-electron chi connectivity index (χ4n) is 5.38. The lowest BCUT2D eigenvalue weighted by atomic mass is 9.97. The number of rotatable bonds is 7. The molecule has 5 atom stereocenters. The van der Waals surface area contributed by atoms with Crippen LogP contribution in [-0.2, 0) is 14.4 Å². The van der Waals surface area contributed by atoms with Gasteiger partial charge in [0, 0.05) is 31.1 Å². The highest BCUT2D eigenvalue weighted by atomic mass is 19.1. The number of benzene rings is 1. The van der Waals surface area contributed by atoms with Gasteiger partial charge < -0.3 is 20.9 Å². The van der Waals surface area contributed by atoms with Crippen molar-refractivity contribution in [2.45, 2.75) is 38.8 Å². The third-order valence-electron chi connectivity index (χ3n) is 7.38. The zero-order chi connectivity index (χ0) is 24.8. The molecule has 1 saturated carbocycles. The zero-order valence-electron chi connectivity index (χ0n) is 18.8. The van der Waals surface area contributed by atoms with E-state index in [-0.39, 0.29) is 35.5 Å². The van der Waals surface area contributed by atoms with Gasteiger partial charge in [0.1, 0.15) is 23.6 Å². The Morgan fingerprint density at radius 2 is 1.97 bits per heavy atom. The maximum absolute atomic E-state index is 13.9. The average Bonchev–Trinajstić information content (AvgIpc) is 3.11. The molecule has 2 heterocycles. The molecule has 3 aliphatic rings. The number of piperidine rings is 1. The third-order valence-corrected chi connectivity index (χ3v) is 7.38. The SMILES string of the molecule is CC1(C)[C@@H]2[C@@H](C(=O)N[C@H](C#N)C[C@@H]3CCNC3=O)N(C(=O)CNc3c(F)cc(F)cc3F)C[C@@H]21. The van der Waals surface area contributed by atoms with Crippen LogP contribution >= 0.6 is 0 Å². The second kappa shape index (κ2) is 8.81. The number of hydrogen-bond donors (Lipinski definition) is 3. The summed E-state index contributed by atoms with van der Waals surface area (Å²) in [7, 11) is 0. The summed E-state index contributed by atoms with van der Waals surface area (Å²) in [5.74, 6) is -5.01. The molecule has 0 unspecified atom stereocenters. The van der Waals surface area contributed by atoms with Gasteiger partial charge in [0.2, 0.25) is 17.7 Å². The van der Waals surface area contributed by atoms with Gasteiger partial charge in [0.05, 0.1) is 12.6 Å². The van der Waals surface area contributed by atoms with Crippen molar-refractivity contribution in [1.82, 2.24) is 15.5 Å². The number of nitrogens with zero attached hydrogens (tertiary/aromatic N) is 2. The van der Waals surface area contributed by atoms with E-state index in [4.69, 9.17) is 0 Å². The number of hydrogen-bond acceptors (Lipinski definition) is 5. The number of carbonyl (C=O) groups is 3. The van der Waals surface area contributed by atoms with Crippen molar-refractivity contribution in [2.75, 3.05) is 25.0 Å². The highest BCUT2D eigenvalue weighted by Crippen LogP contribution is 2.64. The lowest BCUT2D eigenvalue weighted by Crippen LogP contribution is -2.53. The van der Waals surface area contributed by atoms with Gasteiger partial charge in [-0.2, -0.15) is 5.26 Å². The first kappa shape index (κ1) is 23.9. The molecule has 0 bridgehead atoms. The van der Waals surface area contributed by atoms with E-state index in [2.05, 4.69) is 16.0 Å². The van der Waals surface area contributed by atoms with Crippen LogP contribution < -0.4 is 16.0 Å². The van der Waals surface area contributed by atoms with Gasteiger partial charge in [-0.3, -0.25) is 14.4 Å². The molecule has 182 valence electrons. The normalized spacial score (nSPS) is 27.4. The first-order valence-corrected chi connectivity index (χ1v) is 11.2. The van der Waals surface area contributed by atoms with Crippen LogP contribution in [-0.4, -0.2) is 54.3 Å². The molecule has 11 heteroatoms. The van der Waals surface area contributed by atoms with Gasteiger partial charge in [-0.25, -0.2) is 13.2 Å². The van der Waals surface area contributed by atoms with Crippen molar-refractivity contribution in [3.63, 3.8) is 0 Å². The zero-order valence-corrected chi connectivity index (χ0v) is 18.8. The van der Waals surface area contributed by atoms with Crippen molar-refractivity contribution in [3.8, 4) is 6.07 Å². The van der Waals surface area contributed by atoms with Crippen LogP contribution in [0.4, 0.5) is 18.9 Å². The standard InChI is InChI=1S/C23H26F3N5O3/c1-23(2)14-10-31(17(32)9-29-19-15(25)6-12(24)7-16(19)26)20(18(14)23)22(34)30-13(8-27)5-11-3-4-28-21(11)33/h6-7,11,13-14,18,20,29H,3-5,9-10H2,1-2H3,(H,28,33)(H,30,34)/t11-,13-,14-,18-,20-/m0/s1. The molecule has 3 amide bonds. The monoisotopic (exact) mass is 477 g/mol. The summed E-state index contributed by atoms with van der Waals surface area (Å²) in [4.78, 5) is 39.3. The molecular formula is C23H26F3N5O3. The molecule has 4 rings (SSSR count). The topological polar surface area (TPSA) is 114 Å². The molecule has 3 N–H and O–H groups in total. The van der Waals surface area contributed by atoms with E-state index in [0.29, 0.717) is 31.6 Å². The Morgan fingerprint density at radius 3 is 2.56 bits per heavy atom. The van der Waals surface area contributed by atoms with Crippen LogP contribution in [0.1, 0.15) is 26.7 Å². The molecule has 0 spiro atoms. The highest BCUT2D eigenvalue weighted by Gasteiger charge is 2.69. The lowest BCUT2D eigenvalue weighted by Gasteiger charge is -2.31. The number of halogens is 3. The highest BCUT2D eigenvalue weighted by molar-refractivity contribution is 5.91. The molecule has 1 aromatic carbocycles. The number of nitrogens with one attached hydrogen (secondary N) is 3. The van der Waals surface area contributed by atoms with Gasteiger partial charge in [0.25, 0.3) is 0 Å². The largest absolute Gasteiger partial charge is 0.371 e. The number of carbonyl (C=O) groups excluding carboxylic acids is 3. The van der Waals surface area contributed by atoms with Crippen molar-refractivity contribution in [1.29, 1.82) is 5.26 Å². The molecule has 2 saturated heterocycles. The fourth-order valence-corrected chi connectivity index (χ4v) is 5.38. The van der Waals surface area contributed by atoms with Gasteiger partial charge in [-0.1, -0.05) is 13.8 Å². The van der Waals surface area contributed by atoms with E-state index in [0.717, 1.165) is 0 Å². The first-order chi connectivity index (χ1) is 16.0. The Labute approximate surface area is 194 Å². The molecule has 1 aromatic rings. The first-order valence-electron chi connectivity index (χ1n) is 11.2. The molecule has 2 aliphatic heterocycles. The van der Waals surface area contributed by atoms with Gasteiger partial charge in [0.15, 0.2) is 11.6 Å². The van der Waals surface area contributed by atoms with Crippen molar-refractivity contribution < 1.29 is 27.6 Å². The molecule has 8 nitrogen and oxygen atoms in total. The summed E-state index contributed by atoms with van der Waals surface area (Å²) in [6, 6.07) is 1.30. The van der Waals surface area contributed by atoms with E-state index in [1.54, 1.807) is 0 Å². The van der Waals surface area contributed by atoms with Crippen molar-refractivity contribution >= 4 is 23.4 Å². The van der Waals surface area contributed by atoms with Gasteiger partial charge in [-0.05, 0) is 30.1 Å². The maximum atomic E-state index is 13.9. The molecular weight excluding hydrogens is 451 g/mol. The summed E-state index contributed by atoms with van der Waals surface area (Å²) >= 11 is 0. The van der Waals surface area contributed by atoms with Gasteiger partial charge >= 0.3 is 0 Å². The van der Waals surface area contributed by atoms with Crippen LogP contribution in [0.3, 0.4) is 0 Å². The quantitative estimate of drug-likeness (QED) is 0.551. The van der Waals surface area contributed by atoms with E-state index < -0.39 is 53.6 Å². The second-order valence-electron chi connectivity index (χ2n) is 9.75. The Hall–Kier alpha value is -3.29. The Morgan fingerprint density at radius 1 is 1.29 bits per heavy atom. The smallest absolute Gasteiger partial charge is 0.244 e. The van der Waals surface area contributed by atoms with Crippen molar-refractivity contribution in [3.05, 3.63) is 29.6 Å². The number of nitriles is 1. The van der Waals surface area contributed by atoms with E-state index in [1.165, 1.54) is 4.90 Å². The summed E-state index contributed by atoms with van der Waals surface area (Å²) in [6.07, 6.45) is 0.762. The van der Waals surface area contributed by atoms with Crippen LogP contribution in [0, 0.1) is 52.0 Å². The third kappa shape index (κ3) is 4.29. The Balaban J connectivity index is 1.44. The van der Waals surface area contributed by atoms with E-state index in [9.17, 15) is 32.8 Å². The Kier molecular flexibility index (Phi) is 6.18. The molecule has 3 fully saturated rings. The van der Waals surface area contributed by atoms with Gasteiger partial charge in [-0.15, -0.1) is 0 Å². The predicted molar refractivity (Wildman–Crippen MR) is 114 cm³/mol. The van der Waals surface area contributed by atoms with Crippen LogP contribution in [0.15, 0.2) is 12.1 Å². The van der Waals surface area contributed by atoms with E-state index >= 15 is 0 Å². The summed E-state index contributed by atoms with van der Waals surface area (Å²) < 4.78 is 40.9. The lowest BCUT2D eigenvalue weighted by molar-refractivity contribution is -0.139.